The molecule has 0 saturated carbocycles. The molecule has 1 heterocycles. The van der Waals surface area contributed by atoms with Crippen LogP contribution in [0.5, 0.6) is 0 Å². The van der Waals surface area contributed by atoms with E-state index in [0.717, 1.165) is 11.4 Å². The van der Waals surface area contributed by atoms with E-state index in [1.807, 2.05) is 6.20 Å². The van der Waals surface area contributed by atoms with E-state index in [9.17, 15) is 4.79 Å². The molecule has 0 atom stereocenters. The lowest BCUT2D eigenvalue weighted by atomic mass is 10.4. The smallest absolute Gasteiger partial charge is 0.297 e. The predicted octanol–water partition coefficient (Wildman–Crippen LogP) is 1.68. The van der Waals surface area contributed by atoms with Crippen LogP contribution in [0, 0.1) is 10.8 Å². The van der Waals surface area contributed by atoms with E-state index in [1.165, 1.54) is 4.88 Å². The Labute approximate surface area is 95.1 Å². The highest BCUT2D eigenvalue weighted by atomic mass is 79.9. The van der Waals surface area contributed by atoms with Crippen LogP contribution in [0.4, 0.5) is 0 Å². The summed E-state index contributed by atoms with van der Waals surface area (Å²) in [5, 5.41) is 3.55. The van der Waals surface area contributed by atoms with E-state index in [4.69, 9.17) is 0 Å². The van der Waals surface area contributed by atoms with Crippen LogP contribution in [0.3, 0.4) is 0 Å². The van der Waals surface area contributed by atoms with Crippen molar-refractivity contribution in [3.8, 4) is 10.8 Å². The van der Waals surface area contributed by atoms with Crippen molar-refractivity contribution >= 4 is 33.2 Å². The van der Waals surface area contributed by atoms with E-state index in [2.05, 4.69) is 43.9 Å². The van der Waals surface area contributed by atoms with Crippen molar-refractivity contribution in [3.05, 3.63) is 16.1 Å². The van der Waals surface area contributed by atoms with Crippen molar-refractivity contribution in [2.45, 2.75) is 19.9 Å². The quantitative estimate of drug-likeness (QED) is 0.851. The van der Waals surface area contributed by atoms with E-state index >= 15 is 0 Å². The topological polar surface area (TPSA) is 42.0 Å². The van der Waals surface area contributed by atoms with E-state index in [0.29, 0.717) is 6.54 Å². The molecule has 1 amide bonds. The van der Waals surface area contributed by atoms with E-state index < -0.39 is 0 Å². The number of nitrogens with zero attached hydrogens (tertiary/aromatic N) is 1. The summed E-state index contributed by atoms with van der Waals surface area (Å²) in [6, 6.07) is 0. The fraction of sp³-hybridized carbons (Fsp3) is 0.333. The minimum Gasteiger partial charge on any atom is -0.339 e. The number of carbonyl (C=O) groups excluding carboxylic acids is 1. The lowest BCUT2D eigenvalue weighted by molar-refractivity contribution is -0.115. The molecule has 5 heteroatoms. The van der Waals surface area contributed by atoms with Crippen LogP contribution in [0.1, 0.15) is 16.8 Å². The van der Waals surface area contributed by atoms with Gasteiger partial charge in [0.25, 0.3) is 5.91 Å². The lowest BCUT2D eigenvalue weighted by Gasteiger charge is -1.94. The predicted molar refractivity (Wildman–Crippen MR) is 60.0 cm³/mol. The molecule has 0 unspecified atom stereocenters. The van der Waals surface area contributed by atoms with Crippen LogP contribution in [0.15, 0.2) is 6.20 Å². The van der Waals surface area contributed by atoms with Gasteiger partial charge in [-0.1, -0.05) is 6.92 Å². The highest BCUT2D eigenvalue weighted by Gasteiger charge is 2.01. The number of carbonyl (C=O) groups is 1. The van der Waals surface area contributed by atoms with Crippen molar-refractivity contribution in [3.63, 3.8) is 0 Å². The minimum atomic E-state index is -0.296. The fourth-order valence-electron chi connectivity index (χ4n) is 0.836. The van der Waals surface area contributed by atoms with Gasteiger partial charge in [-0.15, -0.1) is 11.3 Å². The molecule has 0 aliphatic carbocycles. The van der Waals surface area contributed by atoms with Gasteiger partial charge in [0.15, 0.2) is 0 Å². The van der Waals surface area contributed by atoms with Gasteiger partial charge in [-0.05, 0) is 11.3 Å². The number of nitrogens with one attached hydrogen (secondary N) is 1. The molecule has 0 saturated heterocycles. The summed E-state index contributed by atoms with van der Waals surface area (Å²) in [5.74, 6) is 2.03. The van der Waals surface area contributed by atoms with Crippen LogP contribution < -0.4 is 5.32 Å². The molecule has 0 radical (unpaired) electrons. The van der Waals surface area contributed by atoms with Crippen molar-refractivity contribution in [2.24, 2.45) is 0 Å². The van der Waals surface area contributed by atoms with Crippen LogP contribution in [-0.2, 0) is 17.8 Å². The normalized spacial score (nSPS) is 9.00. The highest BCUT2D eigenvalue weighted by molar-refractivity contribution is 9.12. The molecule has 0 fully saturated rings. The SMILES string of the molecule is CCc1cnc(CNC(=O)C#CBr)s1. The van der Waals surface area contributed by atoms with Gasteiger partial charge in [0.1, 0.15) is 5.01 Å². The van der Waals surface area contributed by atoms with Crippen molar-refractivity contribution in [2.75, 3.05) is 0 Å². The van der Waals surface area contributed by atoms with Gasteiger partial charge in [-0.3, -0.25) is 4.79 Å². The summed E-state index contributed by atoms with van der Waals surface area (Å²) in [6.07, 6.45) is 2.81. The number of hydrogen-bond donors (Lipinski definition) is 1. The third-order valence-corrected chi connectivity index (χ3v) is 2.85. The first-order valence-electron chi connectivity index (χ1n) is 4.09. The van der Waals surface area contributed by atoms with E-state index in [-0.39, 0.29) is 5.91 Å². The van der Waals surface area contributed by atoms with Gasteiger partial charge < -0.3 is 5.32 Å². The van der Waals surface area contributed by atoms with Crippen molar-refractivity contribution < 1.29 is 4.79 Å². The average Bonchev–Trinajstić information content (AvgIpc) is 2.63. The second-order valence-corrected chi connectivity index (χ2v) is 4.07. The highest BCUT2D eigenvalue weighted by Crippen LogP contribution is 2.12. The molecule has 3 nitrogen and oxygen atoms in total. The van der Waals surface area contributed by atoms with Gasteiger partial charge in [0.2, 0.25) is 0 Å². The zero-order valence-corrected chi connectivity index (χ0v) is 10.0. The summed E-state index contributed by atoms with van der Waals surface area (Å²) in [6.45, 7) is 2.53. The molecule has 1 aromatic rings. The Morgan fingerprint density at radius 2 is 2.57 bits per heavy atom. The Bertz CT molecular complexity index is 378. The van der Waals surface area contributed by atoms with Gasteiger partial charge in [-0.2, -0.15) is 0 Å². The fourth-order valence-corrected chi connectivity index (χ4v) is 1.82. The Morgan fingerprint density at radius 3 is 3.14 bits per heavy atom. The third-order valence-electron chi connectivity index (χ3n) is 1.51. The van der Waals surface area contributed by atoms with Crippen molar-refractivity contribution in [1.29, 1.82) is 0 Å². The molecule has 1 N–H and O–H groups in total. The number of hydrogen-bond acceptors (Lipinski definition) is 3. The Kier molecular flexibility index (Phi) is 4.63. The zero-order valence-electron chi connectivity index (χ0n) is 7.63. The van der Waals surface area contributed by atoms with Gasteiger partial charge in [0.05, 0.1) is 6.54 Å². The Morgan fingerprint density at radius 1 is 1.79 bits per heavy atom. The van der Waals surface area contributed by atoms with Crippen LogP contribution in [0.2, 0.25) is 0 Å². The first-order chi connectivity index (χ1) is 6.76. The number of aryl methyl sites for hydroxylation is 1. The maximum absolute atomic E-state index is 11.0. The molecular formula is C9H9BrN2OS. The third kappa shape index (κ3) is 3.48. The van der Waals surface area contributed by atoms with Crippen molar-refractivity contribution in [1.82, 2.24) is 10.3 Å². The van der Waals surface area contributed by atoms with Gasteiger partial charge in [-0.25, -0.2) is 4.98 Å². The largest absolute Gasteiger partial charge is 0.339 e. The molecule has 14 heavy (non-hydrogen) atoms. The van der Waals surface area contributed by atoms with Gasteiger partial charge >= 0.3 is 0 Å². The average molecular weight is 273 g/mol. The monoisotopic (exact) mass is 272 g/mol. The number of thiazole rings is 1. The molecule has 74 valence electrons. The Hall–Kier alpha value is -0.860. The molecule has 0 bridgehead atoms. The number of aromatic nitrogens is 1. The molecule has 0 aromatic carbocycles. The van der Waals surface area contributed by atoms with Crippen LogP contribution >= 0.6 is 27.3 Å². The number of halogens is 1. The summed E-state index contributed by atoms with van der Waals surface area (Å²) in [5.41, 5.74) is 0. The molecule has 0 spiro atoms. The molecular weight excluding hydrogens is 264 g/mol. The summed E-state index contributed by atoms with van der Waals surface area (Å²) >= 11 is 4.46. The number of amides is 1. The zero-order chi connectivity index (χ0) is 10.4. The molecule has 1 rings (SSSR count). The van der Waals surface area contributed by atoms with Crippen LogP contribution in [0.25, 0.3) is 0 Å². The second kappa shape index (κ2) is 5.78. The summed E-state index contributed by atoms with van der Waals surface area (Å²) < 4.78 is 0. The first-order valence-corrected chi connectivity index (χ1v) is 5.70. The maximum Gasteiger partial charge on any atom is 0.297 e. The number of rotatable bonds is 3. The van der Waals surface area contributed by atoms with Gasteiger partial charge in [0, 0.05) is 32.9 Å². The first kappa shape index (κ1) is 11.2. The molecule has 1 aromatic heterocycles. The Balaban J connectivity index is 2.44. The van der Waals surface area contributed by atoms with E-state index in [1.54, 1.807) is 11.3 Å². The molecule has 0 aliphatic rings. The standard InChI is InChI=1S/C9H9BrN2OS/c1-2-7-5-12-9(14-7)6-11-8(13)3-4-10/h5H,2,6H2,1H3,(H,11,13). The minimum absolute atomic E-state index is 0.296. The summed E-state index contributed by atoms with van der Waals surface area (Å²) in [4.78, 5) is 18.7. The molecule has 0 aliphatic heterocycles. The maximum atomic E-state index is 11.0. The lowest BCUT2D eigenvalue weighted by Crippen LogP contribution is -2.20. The summed E-state index contributed by atoms with van der Waals surface area (Å²) in [7, 11) is 0. The second-order valence-electron chi connectivity index (χ2n) is 2.48. The van der Waals surface area contributed by atoms with Crippen LogP contribution in [-0.4, -0.2) is 10.9 Å².